The van der Waals surface area contributed by atoms with Crippen LogP contribution < -0.4 is 10.1 Å². The van der Waals surface area contributed by atoms with Crippen LogP contribution in [0.15, 0.2) is 27.6 Å². The zero-order chi connectivity index (χ0) is 14.0. The van der Waals surface area contributed by atoms with Gasteiger partial charge < -0.3 is 10.1 Å². The molecule has 1 atom stereocenters. The maximum atomic E-state index is 12.6. The van der Waals surface area contributed by atoms with E-state index >= 15 is 0 Å². The zero-order valence-corrected chi connectivity index (χ0v) is 13.3. The van der Waals surface area contributed by atoms with Crippen molar-refractivity contribution in [1.82, 2.24) is 9.62 Å². The lowest BCUT2D eigenvalue weighted by Crippen LogP contribution is -2.38. The van der Waals surface area contributed by atoms with E-state index in [1.807, 2.05) is 0 Å². The Hall–Kier alpha value is -0.630. The van der Waals surface area contributed by atoms with Crippen molar-refractivity contribution >= 4 is 26.0 Å². The molecule has 1 unspecified atom stereocenters. The van der Waals surface area contributed by atoms with Gasteiger partial charge in [0, 0.05) is 24.1 Å². The van der Waals surface area contributed by atoms with Crippen molar-refractivity contribution in [1.29, 1.82) is 0 Å². The van der Waals surface area contributed by atoms with Crippen molar-refractivity contribution in [3.05, 3.63) is 22.7 Å². The van der Waals surface area contributed by atoms with Gasteiger partial charge in [0.05, 0.1) is 12.0 Å². The third-order valence-corrected chi connectivity index (χ3v) is 6.23. The van der Waals surface area contributed by atoms with Gasteiger partial charge in [0.2, 0.25) is 10.0 Å². The van der Waals surface area contributed by atoms with Crippen LogP contribution in [0.2, 0.25) is 0 Å². The van der Waals surface area contributed by atoms with E-state index in [1.165, 1.54) is 4.31 Å². The van der Waals surface area contributed by atoms with E-state index in [2.05, 4.69) is 21.2 Å². The van der Waals surface area contributed by atoms with Gasteiger partial charge in [-0.25, -0.2) is 8.42 Å². The van der Waals surface area contributed by atoms with Crippen LogP contribution in [-0.2, 0) is 10.0 Å². The van der Waals surface area contributed by atoms with E-state index < -0.39 is 10.0 Å². The summed E-state index contributed by atoms with van der Waals surface area (Å²) in [4.78, 5) is 0.266. The van der Waals surface area contributed by atoms with Crippen molar-refractivity contribution in [3.63, 3.8) is 0 Å². The predicted molar refractivity (Wildman–Crippen MR) is 76.9 cm³/mol. The Bertz CT molecular complexity index is 556. The maximum absolute atomic E-state index is 12.6. The molecule has 0 spiro atoms. The Morgan fingerprint density at radius 2 is 2.21 bits per heavy atom. The summed E-state index contributed by atoms with van der Waals surface area (Å²) in [7, 11) is -0.311. The number of rotatable bonds is 4. The van der Waals surface area contributed by atoms with Crippen LogP contribution in [0.3, 0.4) is 0 Å². The average molecular weight is 349 g/mol. The first-order valence-corrected chi connectivity index (χ1v) is 8.22. The molecular formula is C12H17BrN2O3S. The molecule has 1 saturated heterocycles. The molecule has 2 rings (SSSR count). The molecule has 0 aromatic heterocycles. The standard InChI is InChI=1S/C12H17BrN2O3S/c1-15(9-5-6-14-8-9)19(16,17)12-4-3-10(18-2)7-11(12)13/h3-4,7,9,14H,5-6,8H2,1-2H3. The van der Waals surface area contributed by atoms with Crippen molar-refractivity contribution in [2.45, 2.75) is 17.4 Å². The molecule has 0 bridgehead atoms. The average Bonchev–Trinajstić information content (AvgIpc) is 2.90. The highest BCUT2D eigenvalue weighted by Gasteiger charge is 2.31. The van der Waals surface area contributed by atoms with Crippen molar-refractivity contribution < 1.29 is 13.2 Å². The molecule has 0 aliphatic carbocycles. The fraction of sp³-hybridized carbons (Fsp3) is 0.500. The Kier molecular flexibility index (Phi) is 4.50. The summed E-state index contributed by atoms with van der Waals surface area (Å²) in [6.45, 7) is 1.55. The molecule has 5 nitrogen and oxygen atoms in total. The Morgan fingerprint density at radius 1 is 1.47 bits per heavy atom. The van der Waals surface area contributed by atoms with Crippen LogP contribution in [0.5, 0.6) is 5.75 Å². The number of nitrogens with one attached hydrogen (secondary N) is 1. The third kappa shape index (κ3) is 2.94. The van der Waals surface area contributed by atoms with Gasteiger partial charge in [0.1, 0.15) is 5.75 Å². The molecule has 1 heterocycles. The second-order valence-electron chi connectivity index (χ2n) is 4.46. The van der Waals surface area contributed by atoms with Gasteiger partial charge >= 0.3 is 0 Å². The fourth-order valence-corrected chi connectivity index (χ4v) is 4.52. The van der Waals surface area contributed by atoms with Crippen LogP contribution in [0.1, 0.15) is 6.42 Å². The van der Waals surface area contributed by atoms with Gasteiger partial charge in [0.25, 0.3) is 0 Å². The lowest BCUT2D eigenvalue weighted by molar-refractivity contribution is 0.387. The summed E-state index contributed by atoms with van der Waals surface area (Å²) >= 11 is 3.30. The van der Waals surface area contributed by atoms with E-state index in [4.69, 9.17) is 4.74 Å². The van der Waals surface area contributed by atoms with Gasteiger partial charge in [-0.15, -0.1) is 0 Å². The molecule has 0 saturated carbocycles. The van der Waals surface area contributed by atoms with Crippen molar-refractivity contribution in [2.75, 3.05) is 27.2 Å². The van der Waals surface area contributed by atoms with Crippen LogP contribution in [0.4, 0.5) is 0 Å². The van der Waals surface area contributed by atoms with Crippen molar-refractivity contribution in [3.8, 4) is 5.75 Å². The van der Waals surface area contributed by atoms with Crippen molar-refractivity contribution in [2.24, 2.45) is 0 Å². The number of hydrogen-bond acceptors (Lipinski definition) is 4. The quantitative estimate of drug-likeness (QED) is 0.894. The van der Waals surface area contributed by atoms with Gasteiger partial charge in [-0.05, 0) is 47.1 Å². The molecule has 0 amide bonds. The third-order valence-electron chi connectivity index (χ3n) is 3.34. The Balaban J connectivity index is 2.33. The second kappa shape index (κ2) is 5.78. The molecule has 106 valence electrons. The molecule has 7 heteroatoms. The Morgan fingerprint density at radius 3 is 2.74 bits per heavy atom. The number of nitrogens with zero attached hydrogens (tertiary/aromatic N) is 1. The molecule has 1 N–H and O–H groups in total. The molecule has 19 heavy (non-hydrogen) atoms. The normalized spacial score (nSPS) is 19.9. The van der Waals surface area contributed by atoms with E-state index in [1.54, 1.807) is 32.4 Å². The SMILES string of the molecule is COc1ccc(S(=O)(=O)N(C)C2CCNC2)c(Br)c1. The lowest BCUT2D eigenvalue weighted by Gasteiger charge is -2.23. The van der Waals surface area contributed by atoms with Crippen LogP contribution in [0.25, 0.3) is 0 Å². The van der Waals surface area contributed by atoms with E-state index in [0.29, 0.717) is 16.8 Å². The molecule has 1 aliphatic heterocycles. The number of halogens is 1. The largest absolute Gasteiger partial charge is 0.497 e. The van der Waals surface area contributed by atoms with Gasteiger partial charge in [-0.1, -0.05) is 0 Å². The molecule has 1 fully saturated rings. The number of benzene rings is 1. The molecule has 1 aromatic rings. The highest BCUT2D eigenvalue weighted by molar-refractivity contribution is 9.10. The minimum Gasteiger partial charge on any atom is -0.497 e. The summed E-state index contributed by atoms with van der Waals surface area (Å²) in [5, 5.41) is 3.17. The van der Waals surface area contributed by atoms with Crippen LogP contribution >= 0.6 is 15.9 Å². The van der Waals surface area contributed by atoms with Gasteiger partial charge in [-0.3, -0.25) is 0 Å². The molecule has 1 aliphatic rings. The fourth-order valence-electron chi connectivity index (χ4n) is 2.12. The summed E-state index contributed by atoms with van der Waals surface area (Å²) in [5.41, 5.74) is 0. The molecular weight excluding hydrogens is 332 g/mol. The maximum Gasteiger partial charge on any atom is 0.244 e. The summed E-state index contributed by atoms with van der Waals surface area (Å²) in [6, 6.07) is 4.89. The monoisotopic (exact) mass is 348 g/mol. The van der Waals surface area contributed by atoms with E-state index in [9.17, 15) is 8.42 Å². The predicted octanol–water partition coefficient (Wildman–Crippen LogP) is 1.44. The van der Waals surface area contributed by atoms with E-state index in [0.717, 1.165) is 13.0 Å². The van der Waals surface area contributed by atoms with Gasteiger partial charge in [0.15, 0.2) is 0 Å². The highest BCUT2D eigenvalue weighted by atomic mass is 79.9. The topological polar surface area (TPSA) is 58.6 Å². The molecule has 0 radical (unpaired) electrons. The summed E-state index contributed by atoms with van der Waals surface area (Å²) < 4.78 is 32.2. The Labute approximate surface area is 122 Å². The smallest absolute Gasteiger partial charge is 0.244 e. The number of ether oxygens (including phenoxy) is 1. The minimum atomic E-state index is -3.49. The number of likely N-dealkylation sites (N-methyl/N-ethyl adjacent to an activating group) is 1. The summed E-state index contributed by atoms with van der Waals surface area (Å²) in [6.07, 6.45) is 0.837. The van der Waals surface area contributed by atoms with Gasteiger partial charge in [-0.2, -0.15) is 4.31 Å². The van der Waals surface area contributed by atoms with E-state index in [-0.39, 0.29) is 10.9 Å². The molecule has 1 aromatic carbocycles. The number of hydrogen-bond donors (Lipinski definition) is 1. The second-order valence-corrected chi connectivity index (χ2v) is 7.28. The zero-order valence-electron chi connectivity index (χ0n) is 10.9. The highest BCUT2D eigenvalue weighted by Crippen LogP contribution is 2.29. The number of methoxy groups -OCH3 is 1. The first-order valence-electron chi connectivity index (χ1n) is 5.99. The lowest BCUT2D eigenvalue weighted by atomic mass is 10.3. The van der Waals surface area contributed by atoms with Crippen LogP contribution in [-0.4, -0.2) is 46.0 Å². The number of sulfonamides is 1. The minimum absolute atomic E-state index is 0.0130. The van der Waals surface area contributed by atoms with Crippen LogP contribution in [0, 0.1) is 0 Å². The first-order chi connectivity index (χ1) is 8.96. The summed E-state index contributed by atoms with van der Waals surface area (Å²) in [5.74, 6) is 0.621. The first kappa shape index (κ1) is 14.8.